The van der Waals surface area contributed by atoms with E-state index in [1.807, 2.05) is 0 Å². The third-order valence-electron chi connectivity index (χ3n) is 1.58. The maximum absolute atomic E-state index is 11.2. The van der Waals surface area contributed by atoms with Gasteiger partial charge in [0.15, 0.2) is 0 Å². The average Bonchev–Trinajstić information content (AvgIpc) is 2.16. The molecule has 0 aliphatic heterocycles. The lowest BCUT2D eigenvalue weighted by atomic mass is 10.1. The van der Waals surface area contributed by atoms with Gasteiger partial charge in [-0.05, 0) is 29.8 Å². The standard InChI is InChI=1S/C10H8ClO2/c1-3-7-6-8(11)4-5-9(7)10(12)13-2/h4-6H,1H2,2H3. The van der Waals surface area contributed by atoms with Gasteiger partial charge in [0.05, 0.1) is 12.7 Å². The third kappa shape index (κ3) is 2.10. The van der Waals surface area contributed by atoms with E-state index in [0.29, 0.717) is 16.1 Å². The van der Waals surface area contributed by atoms with Crippen molar-refractivity contribution in [3.05, 3.63) is 47.0 Å². The van der Waals surface area contributed by atoms with Gasteiger partial charge in [0.2, 0.25) is 0 Å². The van der Waals surface area contributed by atoms with Gasteiger partial charge in [-0.2, -0.15) is 0 Å². The Balaban J connectivity index is 3.20. The minimum Gasteiger partial charge on any atom is -0.465 e. The van der Waals surface area contributed by atoms with Crippen LogP contribution in [0, 0.1) is 6.08 Å². The molecular formula is C10H8ClO2. The molecule has 0 spiro atoms. The molecule has 0 atom stereocenters. The maximum atomic E-state index is 11.2. The number of ether oxygens (including phenoxy) is 1. The summed E-state index contributed by atoms with van der Waals surface area (Å²) in [5.41, 5.74) is 0.973. The van der Waals surface area contributed by atoms with Gasteiger partial charge in [0, 0.05) is 5.02 Å². The van der Waals surface area contributed by atoms with Gasteiger partial charge in [-0.25, -0.2) is 4.79 Å². The molecule has 0 saturated carbocycles. The molecule has 0 aliphatic carbocycles. The van der Waals surface area contributed by atoms with Crippen LogP contribution in [0.3, 0.4) is 0 Å². The molecular weight excluding hydrogens is 188 g/mol. The molecule has 0 saturated heterocycles. The van der Waals surface area contributed by atoms with E-state index < -0.39 is 5.97 Å². The fourth-order valence-corrected chi connectivity index (χ4v) is 1.12. The molecule has 1 radical (unpaired) electrons. The molecule has 2 nitrogen and oxygen atoms in total. The normalized spacial score (nSPS) is 9.38. The van der Waals surface area contributed by atoms with Crippen molar-refractivity contribution in [2.24, 2.45) is 0 Å². The molecule has 0 unspecified atom stereocenters. The van der Waals surface area contributed by atoms with E-state index in [1.165, 1.54) is 7.11 Å². The largest absolute Gasteiger partial charge is 0.465 e. The first-order chi connectivity index (χ1) is 6.19. The van der Waals surface area contributed by atoms with Gasteiger partial charge in [-0.1, -0.05) is 18.2 Å². The van der Waals surface area contributed by atoms with Crippen LogP contribution in [0.5, 0.6) is 0 Å². The van der Waals surface area contributed by atoms with Crippen molar-refractivity contribution in [2.75, 3.05) is 7.11 Å². The molecule has 0 amide bonds. The van der Waals surface area contributed by atoms with Gasteiger partial charge < -0.3 is 4.74 Å². The first-order valence-corrected chi connectivity index (χ1v) is 3.98. The summed E-state index contributed by atoms with van der Waals surface area (Å²) in [7, 11) is 1.32. The van der Waals surface area contributed by atoms with E-state index in [-0.39, 0.29) is 0 Å². The Labute approximate surface area is 81.8 Å². The second-order valence-corrected chi connectivity index (χ2v) is 2.79. The van der Waals surface area contributed by atoms with Crippen LogP contribution < -0.4 is 0 Å². The predicted octanol–water partition coefficient (Wildman–Crippen LogP) is 2.46. The number of benzene rings is 1. The fourth-order valence-electron chi connectivity index (χ4n) is 0.951. The summed E-state index contributed by atoms with van der Waals surface area (Å²) in [6.07, 6.45) is 2.62. The summed E-state index contributed by atoms with van der Waals surface area (Å²) >= 11 is 5.72. The third-order valence-corrected chi connectivity index (χ3v) is 1.81. The van der Waals surface area contributed by atoms with Crippen LogP contribution in [0.15, 0.2) is 24.8 Å². The molecule has 0 heterocycles. The van der Waals surface area contributed by atoms with Crippen LogP contribution >= 0.6 is 11.6 Å². The molecule has 1 aromatic carbocycles. The summed E-state index contributed by atoms with van der Waals surface area (Å²) in [6.45, 7) is 3.46. The fraction of sp³-hybridized carbons (Fsp3) is 0.100. The molecule has 0 aliphatic rings. The van der Waals surface area contributed by atoms with Crippen molar-refractivity contribution in [3.8, 4) is 0 Å². The van der Waals surface area contributed by atoms with Crippen LogP contribution in [0.1, 0.15) is 15.9 Å². The van der Waals surface area contributed by atoms with Gasteiger partial charge in [-0.3, -0.25) is 0 Å². The number of methoxy groups -OCH3 is 1. The molecule has 67 valence electrons. The van der Waals surface area contributed by atoms with Crippen molar-refractivity contribution < 1.29 is 9.53 Å². The minimum atomic E-state index is -0.414. The van der Waals surface area contributed by atoms with E-state index in [0.717, 1.165) is 0 Å². The van der Waals surface area contributed by atoms with E-state index in [4.69, 9.17) is 11.6 Å². The Morgan fingerprint density at radius 2 is 2.31 bits per heavy atom. The first kappa shape index (κ1) is 9.81. The van der Waals surface area contributed by atoms with Crippen molar-refractivity contribution in [1.29, 1.82) is 0 Å². The Hall–Kier alpha value is -1.28. The first-order valence-electron chi connectivity index (χ1n) is 3.60. The Morgan fingerprint density at radius 1 is 1.62 bits per heavy atom. The van der Waals surface area contributed by atoms with E-state index >= 15 is 0 Å². The van der Waals surface area contributed by atoms with Crippen LogP contribution in [0.25, 0.3) is 0 Å². The smallest absolute Gasteiger partial charge is 0.338 e. The summed E-state index contributed by atoms with van der Waals surface area (Å²) in [6, 6.07) is 4.82. The lowest BCUT2D eigenvalue weighted by molar-refractivity contribution is 0.0600. The quantitative estimate of drug-likeness (QED) is 0.678. The Morgan fingerprint density at radius 3 is 2.85 bits per heavy atom. The Kier molecular flexibility index (Phi) is 3.09. The Bertz CT molecular complexity index is 345. The summed E-state index contributed by atoms with van der Waals surface area (Å²) < 4.78 is 4.57. The highest BCUT2D eigenvalue weighted by Crippen LogP contribution is 2.16. The number of rotatable bonds is 2. The lowest BCUT2D eigenvalue weighted by Gasteiger charge is -2.03. The highest BCUT2D eigenvalue weighted by molar-refractivity contribution is 6.30. The van der Waals surface area contributed by atoms with Crippen LogP contribution in [-0.4, -0.2) is 13.1 Å². The highest BCUT2D eigenvalue weighted by atomic mass is 35.5. The SMILES string of the molecule is C=[C]c1cc(Cl)ccc1C(=O)OC. The second-order valence-electron chi connectivity index (χ2n) is 2.36. The lowest BCUT2D eigenvalue weighted by Crippen LogP contribution is -2.03. The molecule has 0 fully saturated rings. The topological polar surface area (TPSA) is 26.3 Å². The zero-order valence-corrected chi connectivity index (χ0v) is 7.89. The summed E-state index contributed by atoms with van der Waals surface area (Å²) in [5.74, 6) is -0.414. The number of hydrogen-bond donors (Lipinski definition) is 0. The van der Waals surface area contributed by atoms with Crippen molar-refractivity contribution in [3.63, 3.8) is 0 Å². The minimum absolute atomic E-state index is 0.414. The van der Waals surface area contributed by atoms with Crippen molar-refractivity contribution >= 4 is 17.6 Å². The second kappa shape index (κ2) is 4.10. The molecule has 3 heteroatoms. The van der Waals surface area contributed by atoms with Gasteiger partial charge in [-0.15, -0.1) is 0 Å². The van der Waals surface area contributed by atoms with Crippen LogP contribution in [0.2, 0.25) is 5.02 Å². The van der Waals surface area contributed by atoms with E-state index in [9.17, 15) is 4.79 Å². The van der Waals surface area contributed by atoms with E-state index in [1.54, 1.807) is 18.2 Å². The molecule has 0 aromatic heterocycles. The van der Waals surface area contributed by atoms with Gasteiger partial charge in [0.25, 0.3) is 0 Å². The average molecular weight is 196 g/mol. The summed E-state index contributed by atoms with van der Waals surface area (Å²) in [5, 5.41) is 0.541. The van der Waals surface area contributed by atoms with Crippen LogP contribution in [0.4, 0.5) is 0 Å². The highest BCUT2D eigenvalue weighted by Gasteiger charge is 2.09. The molecule has 13 heavy (non-hydrogen) atoms. The zero-order valence-electron chi connectivity index (χ0n) is 7.13. The van der Waals surface area contributed by atoms with Crippen molar-refractivity contribution in [2.45, 2.75) is 0 Å². The molecule has 0 bridgehead atoms. The molecule has 1 rings (SSSR count). The molecule has 1 aromatic rings. The monoisotopic (exact) mass is 195 g/mol. The maximum Gasteiger partial charge on any atom is 0.338 e. The van der Waals surface area contributed by atoms with E-state index in [2.05, 4.69) is 17.4 Å². The number of esters is 1. The zero-order chi connectivity index (χ0) is 9.84. The molecule has 0 N–H and O–H groups in total. The van der Waals surface area contributed by atoms with Gasteiger partial charge >= 0.3 is 5.97 Å². The van der Waals surface area contributed by atoms with Gasteiger partial charge in [0.1, 0.15) is 0 Å². The number of carbonyl (C=O) groups excluding carboxylic acids is 1. The number of carbonyl (C=O) groups is 1. The van der Waals surface area contributed by atoms with Crippen molar-refractivity contribution in [1.82, 2.24) is 0 Å². The number of halogens is 1. The number of hydrogen-bond acceptors (Lipinski definition) is 2. The van der Waals surface area contributed by atoms with Crippen LogP contribution in [-0.2, 0) is 4.74 Å². The summed E-state index contributed by atoms with van der Waals surface area (Å²) in [4.78, 5) is 11.2. The predicted molar refractivity (Wildman–Crippen MR) is 50.8 cm³/mol.